The summed E-state index contributed by atoms with van der Waals surface area (Å²) in [7, 11) is -24.0. The molecular formula is C37H28ClN7O17S5. The van der Waals surface area contributed by atoms with Crippen LogP contribution < -0.4 is 19.9 Å². The molecule has 350 valence electrons. The number of hydrogen-bond acceptors (Lipinski definition) is 19. The first kappa shape index (κ1) is 48.3. The minimum Gasteiger partial charge on any atom is -0.505 e. The number of aromatic nitrogens is 3. The van der Waals surface area contributed by atoms with Gasteiger partial charge in [-0.05, 0) is 96.7 Å². The Morgan fingerprint density at radius 1 is 0.642 bits per heavy atom. The number of fused-ring (bicyclic) bond motifs is 2. The van der Waals surface area contributed by atoms with Gasteiger partial charge >= 0.3 is 10.1 Å². The zero-order valence-electron chi connectivity index (χ0n) is 33.5. The second-order valence-corrected chi connectivity index (χ2v) is 21.2. The minimum atomic E-state index is -5.44. The van der Waals surface area contributed by atoms with Crippen molar-refractivity contribution in [3.05, 3.63) is 107 Å². The number of aromatic hydroxyl groups is 1. The number of rotatable bonds is 13. The van der Waals surface area contributed by atoms with Gasteiger partial charge in [0.2, 0.25) is 16.9 Å². The van der Waals surface area contributed by atoms with Crippen molar-refractivity contribution in [3.8, 4) is 17.2 Å². The molecule has 67 heavy (non-hydrogen) atoms. The Balaban J connectivity index is 1.31. The first-order valence-corrected chi connectivity index (χ1v) is 25.5. The Bertz CT molecular complexity index is 3910. The number of H-pyrrole nitrogens is 1. The van der Waals surface area contributed by atoms with Gasteiger partial charge in [-0.15, -0.1) is 10.2 Å². The van der Waals surface area contributed by atoms with Crippen LogP contribution in [0.1, 0.15) is 5.56 Å². The quantitative estimate of drug-likeness (QED) is 0.0399. The van der Waals surface area contributed by atoms with Gasteiger partial charge in [0.1, 0.15) is 31.8 Å². The number of aryl methyl sites for hydroxylation is 1. The molecule has 7 aromatic rings. The molecule has 0 amide bonds. The number of ether oxygens (including phenoxy) is 1. The van der Waals surface area contributed by atoms with E-state index in [0.29, 0.717) is 6.07 Å². The monoisotopic (exact) mass is 1040 g/mol. The van der Waals surface area contributed by atoms with Gasteiger partial charge in [0.15, 0.2) is 11.5 Å². The Labute approximate surface area is 383 Å². The summed E-state index contributed by atoms with van der Waals surface area (Å²) in [6.45, 7) is 1.73. The summed E-state index contributed by atoms with van der Waals surface area (Å²) in [4.78, 5) is 10.6. The van der Waals surface area contributed by atoms with Crippen LogP contribution in [-0.4, -0.2) is 87.5 Å². The van der Waals surface area contributed by atoms with Crippen LogP contribution in [0.3, 0.4) is 0 Å². The van der Waals surface area contributed by atoms with Crippen molar-refractivity contribution in [2.24, 2.45) is 15.2 Å². The molecule has 0 fully saturated rings. The van der Waals surface area contributed by atoms with Crippen LogP contribution in [0, 0.1) is 6.92 Å². The van der Waals surface area contributed by atoms with Crippen LogP contribution in [0.15, 0.2) is 131 Å². The molecular weight excluding hydrogens is 1010 g/mol. The summed E-state index contributed by atoms with van der Waals surface area (Å²) in [6, 6.07) is 16.7. The van der Waals surface area contributed by atoms with Gasteiger partial charge < -0.3 is 19.3 Å². The molecule has 0 saturated heterocycles. The van der Waals surface area contributed by atoms with Crippen molar-refractivity contribution in [3.63, 3.8) is 0 Å². The van der Waals surface area contributed by atoms with Gasteiger partial charge in [0.25, 0.3) is 40.5 Å². The highest BCUT2D eigenvalue weighted by Crippen LogP contribution is 2.46. The molecule has 7 rings (SSSR count). The standard InChI is InChI=1S/C37H28ClN7O17S5/c1-18-3-6-21(7-4-18)67(59,60)62-30-16-23(64(50,51)52)14-19-13-20(5-9-24(19)30)39-36-41-35(38)42-37(43-36)40-27-11-10-25-26(34(27)66(56,57)58)17-31(65(53,54)55)32(33(25)46)45-44-28-15-22(63(47,48)49)8-12-29(28)61-2/h3-17,46H,1-2H3,(H,47,48,49)(H,50,51,52)(H,53,54,55)(H,56,57,58)(H2,39,40,41,42,43). The normalized spacial score (nSPS) is 13.1. The largest absolute Gasteiger partial charge is 0.505 e. The maximum Gasteiger partial charge on any atom is 0.339 e. The Morgan fingerprint density at radius 2 is 1.30 bits per heavy atom. The smallest absolute Gasteiger partial charge is 0.339 e. The maximum absolute atomic E-state index is 13.2. The average molecular weight is 1040 g/mol. The third-order valence-corrected chi connectivity index (χ3v) is 14.1. The Hall–Kier alpha value is -6.67. The topological polar surface area (TPSA) is 381 Å². The van der Waals surface area contributed by atoms with Crippen molar-refractivity contribution in [1.82, 2.24) is 15.0 Å². The molecule has 0 saturated carbocycles. The molecule has 1 heterocycles. The SMILES string of the molecule is COc1ccc(S(=O)(=O)O)cc1N=Nc1c(S(=O)(=O)O)cc2c(S(=O)(=O)O)c(N=c3nc(Nc4ccc5c(OS(=O)(=O)c6ccc(C)cc6)cc(S(=O)(=O)O)cc5c4)nc(Cl)[nH]3)ccc2c1O. The summed E-state index contributed by atoms with van der Waals surface area (Å²) < 4.78 is 176. The lowest BCUT2D eigenvalue weighted by atomic mass is 10.1. The molecule has 0 bridgehead atoms. The molecule has 0 aliphatic heterocycles. The van der Waals surface area contributed by atoms with Gasteiger partial charge in [-0.3, -0.25) is 23.2 Å². The zero-order chi connectivity index (χ0) is 49.0. The highest BCUT2D eigenvalue weighted by atomic mass is 35.5. The fraction of sp³-hybridized carbons (Fsp3) is 0.0541. The fourth-order valence-electron chi connectivity index (χ4n) is 6.24. The van der Waals surface area contributed by atoms with Crippen LogP contribution >= 0.6 is 11.6 Å². The van der Waals surface area contributed by atoms with E-state index in [1.807, 2.05) is 0 Å². The molecule has 30 heteroatoms. The van der Waals surface area contributed by atoms with Crippen LogP contribution in [0.5, 0.6) is 17.2 Å². The fourth-order valence-corrected chi connectivity index (χ4v) is 9.85. The number of halogens is 1. The van der Waals surface area contributed by atoms with Crippen LogP contribution in [-0.2, 0) is 50.6 Å². The molecule has 1 aromatic heterocycles. The van der Waals surface area contributed by atoms with Crippen LogP contribution in [0.4, 0.5) is 28.7 Å². The first-order valence-electron chi connectivity index (χ1n) is 18.0. The molecule has 0 aliphatic rings. The van der Waals surface area contributed by atoms with Crippen LogP contribution in [0.2, 0.25) is 5.28 Å². The minimum absolute atomic E-state index is 0.0184. The lowest BCUT2D eigenvalue weighted by Gasteiger charge is -2.13. The molecule has 6 aromatic carbocycles. The molecule has 0 spiro atoms. The van der Waals surface area contributed by atoms with E-state index < -0.39 is 120 Å². The van der Waals surface area contributed by atoms with Crippen molar-refractivity contribution in [2.45, 2.75) is 31.4 Å². The number of azo groups is 1. The number of phenolic OH excluding ortho intramolecular Hbond substituents is 1. The van der Waals surface area contributed by atoms with E-state index in [0.717, 1.165) is 55.1 Å². The molecule has 24 nitrogen and oxygen atoms in total. The number of anilines is 2. The lowest BCUT2D eigenvalue weighted by molar-refractivity contribution is 0.415. The van der Waals surface area contributed by atoms with Crippen molar-refractivity contribution in [1.29, 1.82) is 0 Å². The second-order valence-electron chi connectivity index (χ2n) is 13.7. The molecule has 0 unspecified atom stereocenters. The predicted molar refractivity (Wildman–Crippen MR) is 235 cm³/mol. The van der Waals surface area contributed by atoms with E-state index in [-0.39, 0.29) is 33.1 Å². The van der Waals surface area contributed by atoms with E-state index in [2.05, 4.69) is 35.5 Å². The molecule has 0 atom stereocenters. The third kappa shape index (κ3) is 10.5. The van der Waals surface area contributed by atoms with E-state index in [9.17, 15) is 65.4 Å². The third-order valence-electron chi connectivity index (χ3n) is 9.21. The second kappa shape index (κ2) is 17.5. The van der Waals surface area contributed by atoms with E-state index >= 15 is 0 Å². The highest BCUT2D eigenvalue weighted by Gasteiger charge is 2.28. The number of hydrogen-bond donors (Lipinski definition) is 7. The zero-order valence-corrected chi connectivity index (χ0v) is 38.3. The molecule has 0 radical (unpaired) electrons. The van der Waals surface area contributed by atoms with Crippen molar-refractivity contribution >= 4 is 112 Å². The van der Waals surface area contributed by atoms with Gasteiger partial charge in [0.05, 0.1) is 22.6 Å². The van der Waals surface area contributed by atoms with E-state index in [1.165, 1.54) is 42.5 Å². The van der Waals surface area contributed by atoms with Crippen LogP contribution in [0.25, 0.3) is 21.5 Å². The summed E-state index contributed by atoms with van der Waals surface area (Å²) in [5.41, 5.74) is -1.75. The van der Waals surface area contributed by atoms with E-state index in [4.69, 9.17) is 20.5 Å². The predicted octanol–water partition coefficient (Wildman–Crippen LogP) is 5.93. The average Bonchev–Trinajstić information content (AvgIpc) is 3.21. The maximum atomic E-state index is 13.2. The Kier molecular flexibility index (Phi) is 12.6. The lowest BCUT2D eigenvalue weighted by Crippen LogP contribution is -2.16. The number of aromatic amines is 1. The van der Waals surface area contributed by atoms with Gasteiger partial charge in [-0.25, -0.2) is 4.99 Å². The summed E-state index contributed by atoms with van der Waals surface area (Å²) in [6.07, 6.45) is 0. The van der Waals surface area contributed by atoms with Gasteiger partial charge in [0, 0.05) is 27.9 Å². The van der Waals surface area contributed by atoms with Gasteiger partial charge in [-0.2, -0.15) is 52.1 Å². The number of phenols is 1. The molecule has 0 aliphatic carbocycles. The number of benzene rings is 6. The Morgan fingerprint density at radius 3 is 1.93 bits per heavy atom. The number of methoxy groups -OCH3 is 1. The summed E-state index contributed by atoms with van der Waals surface area (Å²) in [5.74, 6) is -2.09. The summed E-state index contributed by atoms with van der Waals surface area (Å²) >= 11 is 6.21. The van der Waals surface area contributed by atoms with Crippen molar-refractivity contribution < 1.29 is 74.3 Å². The number of nitrogens with zero attached hydrogens (tertiary/aromatic N) is 5. The highest BCUT2D eigenvalue weighted by molar-refractivity contribution is 7.87. The van der Waals surface area contributed by atoms with Gasteiger partial charge in [-0.1, -0.05) is 17.7 Å². The first-order chi connectivity index (χ1) is 31.1. The summed E-state index contributed by atoms with van der Waals surface area (Å²) in [5, 5.41) is 19.8. The number of nitrogens with one attached hydrogen (secondary N) is 2. The van der Waals surface area contributed by atoms with Crippen molar-refractivity contribution in [2.75, 3.05) is 12.4 Å². The van der Waals surface area contributed by atoms with E-state index in [1.54, 1.807) is 6.92 Å². The molecule has 7 N–H and O–H groups in total.